The van der Waals surface area contributed by atoms with Gasteiger partial charge in [0, 0.05) is 6.42 Å². The lowest BCUT2D eigenvalue weighted by Crippen LogP contribution is -2.08. The van der Waals surface area contributed by atoms with E-state index in [-0.39, 0.29) is 0 Å². The number of fused-ring (bicyclic) bond motifs is 1. The lowest BCUT2D eigenvalue weighted by Gasteiger charge is -2.00. The molecule has 0 saturated carbocycles. The fourth-order valence-electron chi connectivity index (χ4n) is 1.73. The SMILES string of the molecule is CCOc1ccc2nc(CCCNC)sc2c1. The summed E-state index contributed by atoms with van der Waals surface area (Å²) >= 11 is 1.77. The van der Waals surface area contributed by atoms with Gasteiger partial charge in [-0.2, -0.15) is 0 Å². The van der Waals surface area contributed by atoms with E-state index in [0.29, 0.717) is 6.61 Å². The molecule has 17 heavy (non-hydrogen) atoms. The van der Waals surface area contributed by atoms with Gasteiger partial charge in [0.2, 0.25) is 0 Å². The molecule has 0 aliphatic rings. The van der Waals surface area contributed by atoms with Gasteiger partial charge in [-0.05, 0) is 45.1 Å². The Morgan fingerprint density at radius 3 is 3.06 bits per heavy atom. The number of hydrogen-bond donors (Lipinski definition) is 1. The highest BCUT2D eigenvalue weighted by Gasteiger charge is 2.04. The van der Waals surface area contributed by atoms with Crippen LogP contribution in [-0.4, -0.2) is 25.2 Å². The minimum atomic E-state index is 0.708. The molecule has 0 spiro atoms. The van der Waals surface area contributed by atoms with E-state index in [1.165, 1.54) is 9.71 Å². The third-order valence-electron chi connectivity index (χ3n) is 2.53. The Labute approximate surface area is 106 Å². The molecule has 2 rings (SSSR count). The second-order valence-corrected chi connectivity index (χ2v) is 4.99. The van der Waals surface area contributed by atoms with E-state index in [0.717, 1.165) is 30.7 Å². The number of rotatable bonds is 6. The predicted octanol–water partition coefficient (Wildman–Crippen LogP) is 2.85. The maximum atomic E-state index is 5.49. The molecule has 0 bridgehead atoms. The molecule has 0 aliphatic carbocycles. The van der Waals surface area contributed by atoms with Crippen LogP contribution in [0.5, 0.6) is 5.75 Å². The average Bonchev–Trinajstić information content (AvgIpc) is 2.72. The van der Waals surface area contributed by atoms with Gasteiger partial charge in [0.25, 0.3) is 0 Å². The van der Waals surface area contributed by atoms with Crippen LogP contribution >= 0.6 is 11.3 Å². The van der Waals surface area contributed by atoms with Gasteiger partial charge in [-0.15, -0.1) is 11.3 Å². The lowest BCUT2D eigenvalue weighted by atomic mass is 10.3. The van der Waals surface area contributed by atoms with Crippen molar-refractivity contribution in [1.29, 1.82) is 0 Å². The molecule has 0 unspecified atom stereocenters. The molecule has 0 aliphatic heterocycles. The third-order valence-corrected chi connectivity index (χ3v) is 3.61. The van der Waals surface area contributed by atoms with Gasteiger partial charge in [-0.1, -0.05) is 0 Å². The van der Waals surface area contributed by atoms with Crippen LogP contribution in [0, 0.1) is 0 Å². The molecule has 92 valence electrons. The molecule has 3 nitrogen and oxygen atoms in total. The molecule has 2 aromatic rings. The summed E-state index contributed by atoms with van der Waals surface area (Å²) in [5, 5.41) is 4.37. The fourth-order valence-corrected chi connectivity index (χ4v) is 2.77. The van der Waals surface area contributed by atoms with E-state index in [2.05, 4.69) is 16.4 Å². The van der Waals surface area contributed by atoms with E-state index in [1.54, 1.807) is 11.3 Å². The van der Waals surface area contributed by atoms with Gasteiger partial charge in [0.1, 0.15) is 5.75 Å². The standard InChI is InChI=1S/C13H18N2OS/c1-3-16-10-6-7-11-12(9-10)17-13(15-11)5-4-8-14-2/h6-7,9,14H,3-5,8H2,1-2H3. The topological polar surface area (TPSA) is 34.1 Å². The van der Waals surface area contributed by atoms with E-state index in [4.69, 9.17) is 4.74 Å². The molecule has 1 aromatic carbocycles. The molecule has 1 heterocycles. The Bertz CT molecular complexity index is 481. The summed E-state index contributed by atoms with van der Waals surface area (Å²) in [7, 11) is 1.98. The van der Waals surface area contributed by atoms with E-state index in [1.807, 2.05) is 26.1 Å². The Hall–Kier alpha value is -1.13. The molecule has 1 N–H and O–H groups in total. The van der Waals surface area contributed by atoms with Crippen LogP contribution in [0.2, 0.25) is 0 Å². The number of nitrogens with zero attached hydrogens (tertiary/aromatic N) is 1. The van der Waals surface area contributed by atoms with E-state index < -0.39 is 0 Å². The first-order valence-corrected chi connectivity index (χ1v) is 6.82. The van der Waals surface area contributed by atoms with Crippen molar-refractivity contribution >= 4 is 21.6 Å². The van der Waals surface area contributed by atoms with Crippen molar-refractivity contribution in [1.82, 2.24) is 10.3 Å². The molecular weight excluding hydrogens is 232 g/mol. The number of hydrogen-bond acceptors (Lipinski definition) is 4. The number of thiazole rings is 1. The van der Waals surface area contributed by atoms with Crippen LogP contribution in [0.3, 0.4) is 0 Å². The number of ether oxygens (including phenoxy) is 1. The maximum absolute atomic E-state index is 5.49. The van der Waals surface area contributed by atoms with Crippen LogP contribution in [0.25, 0.3) is 10.2 Å². The van der Waals surface area contributed by atoms with Gasteiger partial charge < -0.3 is 10.1 Å². The lowest BCUT2D eigenvalue weighted by molar-refractivity contribution is 0.341. The zero-order chi connectivity index (χ0) is 12.1. The summed E-state index contributed by atoms with van der Waals surface area (Å²) < 4.78 is 6.71. The summed E-state index contributed by atoms with van der Waals surface area (Å²) in [6, 6.07) is 6.11. The molecule has 0 radical (unpaired) electrons. The molecule has 1 aromatic heterocycles. The van der Waals surface area contributed by atoms with E-state index >= 15 is 0 Å². The van der Waals surface area contributed by atoms with Crippen LogP contribution in [0.15, 0.2) is 18.2 Å². The van der Waals surface area contributed by atoms with Crippen molar-refractivity contribution in [3.8, 4) is 5.75 Å². The van der Waals surface area contributed by atoms with Gasteiger partial charge in [0.05, 0.1) is 21.8 Å². The first kappa shape index (κ1) is 12.3. The molecule has 0 atom stereocenters. The number of aryl methyl sites for hydroxylation is 1. The molecule has 0 saturated heterocycles. The monoisotopic (exact) mass is 250 g/mol. The Morgan fingerprint density at radius 1 is 1.41 bits per heavy atom. The second-order valence-electron chi connectivity index (χ2n) is 3.88. The molecule has 4 heteroatoms. The van der Waals surface area contributed by atoms with Crippen molar-refractivity contribution in [2.75, 3.05) is 20.2 Å². The van der Waals surface area contributed by atoms with Gasteiger partial charge in [-0.3, -0.25) is 0 Å². The van der Waals surface area contributed by atoms with Gasteiger partial charge in [-0.25, -0.2) is 4.98 Å². The Kier molecular flexibility index (Phi) is 4.34. The summed E-state index contributed by atoms with van der Waals surface area (Å²) in [6.07, 6.45) is 2.18. The normalized spacial score (nSPS) is 10.9. The van der Waals surface area contributed by atoms with E-state index in [9.17, 15) is 0 Å². The number of benzene rings is 1. The fraction of sp³-hybridized carbons (Fsp3) is 0.462. The van der Waals surface area contributed by atoms with Crippen LogP contribution < -0.4 is 10.1 Å². The highest BCUT2D eigenvalue weighted by molar-refractivity contribution is 7.18. The average molecular weight is 250 g/mol. The predicted molar refractivity (Wildman–Crippen MR) is 73.0 cm³/mol. The van der Waals surface area contributed by atoms with Crippen molar-refractivity contribution < 1.29 is 4.74 Å². The van der Waals surface area contributed by atoms with Gasteiger partial charge in [0.15, 0.2) is 0 Å². The number of aromatic nitrogens is 1. The molecule has 0 amide bonds. The number of nitrogens with one attached hydrogen (secondary N) is 1. The zero-order valence-corrected chi connectivity index (χ0v) is 11.1. The Balaban J connectivity index is 2.12. The highest BCUT2D eigenvalue weighted by atomic mass is 32.1. The minimum Gasteiger partial charge on any atom is -0.494 e. The summed E-state index contributed by atoms with van der Waals surface area (Å²) in [5.41, 5.74) is 1.08. The van der Waals surface area contributed by atoms with Crippen LogP contribution in [0.1, 0.15) is 18.4 Å². The van der Waals surface area contributed by atoms with Crippen molar-refractivity contribution in [2.24, 2.45) is 0 Å². The largest absolute Gasteiger partial charge is 0.494 e. The molecule has 0 fully saturated rings. The zero-order valence-electron chi connectivity index (χ0n) is 10.3. The quantitative estimate of drug-likeness (QED) is 0.800. The van der Waals surface area contributed by atoms with Crippen molar-refractivity contribution in [3.05, 3.63) is 23.2 Å². The second kappa shape index (κ2) is 5.98. The summed E-state index contributed by atoms with van der Waals surface area (Å²) in [6.45, 7) is 3.75. The van der Waals surface area contributed by atoms with Crippen LogP contribution in [0.4, 0.5) is 0 Å². The first-order chi connectivity index (χ1) is 8.33. The van der Waals surface area contributed by atoms with Crippen molar-refractivity contribution in [3.63, 3.8) is 0 Å². The van der Waals surface area contributed by atoms with Crippen molar-refractivity contribution in [2.45, 2.75) is 19.8 Å². The summed E-state index contributed by atoms with van der Waals surface area (Å²) in [4.78, 5) is 4.62. The minimum absolute atomic E-state index is 0.708. The van der Waals surface area contributed by atoms with Crippen LogP contribution in [-0.2, 0) is 6.42 Å². The highest BCUT2D eigenvalue weighted by Crippen LogP contribution is 2.26. The molecular formula is C13H18N2OS. The smallest absolute Gasteiger partial charge is 0.120 e. The summed E-state index contributed by atoms with van der Waals surface area (Å²) in [5.74, 6) is 0.936. The Morgan fingerprint density at radius 2 is 2.29 bits per heavy atom. The van der Waals surface area contributed by atoms with Gasteiger partial charge >= 0.3 is 0 Å². The third kappa shape index (κ3) is 3.17. The maximum Gasteiger partial charge on any atom is 0.120 e. The first-order valence-electron chi connectivity index (χ1n) is 6.00.